The van der Waals surface area contributed by atoms with Crippen LogP contribution >= 0.6 is 0 Å². The van der Waals surface area contributed by atoms with Gasteiger partial charge in [-0.1, -0.05) is 23.4 Å². The second-order valence-corrected chi connectivity index (χ2v) is 7.20. The van der Waals surface area contributed by atoms with Gasteiger partial charge in [-0.15, -0.1) is 5.10 Å². The number of nitrogens with zero attached hydrogens (tertiary/aromatic N) is 4. The smallest absolute Gasteiger partial charge is 0.451 e. The van der Waals surface area contributed by atoms with Crippen molar-refractivity contribution >= 4 is 5.91 Å². The average molecular weight is 473 g/mol. The van der Waals surface area contributed by atoms with Crippen LogP contribution in [0.3, 0.4) is 0 Å². The molecule has 2 heterocycles. The first-order valence-electron chi connectivity index (χ1n) is 9.95. The summed E-state index contributed by atoms with van der Waals surface area (Å²) in [4.78, 5) is 15.8. The molecule has 4 rings (SSSR count). The molecule has 2 N–H and O–H groups in total. The Morgan fingerprint density at radius 3 is 2.71 bits per heavy atom. The number of benzene rings is 2. The Labute approximate surface area is 190 Å². The molecule has 0 spiro atoms. The van der Waals surface area contributed by atoms with E-state index in [0.29, 0.717) is 24.4 Å². The highest BCUT2D eigenvalue weighted by molar-refractivity contribution is 5.94. The van der Waals surface area contributed by atoms with Crippen LogP contribution < -0.4 is 10.1 Å². The molecule has 0 fully saturated rings. The van der Waals surface area contributed by atoms with E-state index in [0.717, 1.165) is 5.56 Å². The maximum atomic E-state index is 12.8. The topological polar surface area (TPSA) is 115 Å². The van der Waals surface area contributed by atoms with E-state index in [4.69, 9.17) is 4.74 Å². The van der Waals surface area contributed by atoms with E-state index < -0.39 is 30.1 Å². The summed E-state index contributed by atoms with van der Waals surface area (Å²) in [5.74, 6) is -1.18. The molecule has 0 radical (unpaired) electrons. The molecular formula is C22H18F3N5O4. The first-order chi connectivity index (χ1) is 16.3. The van der Waals surface area contributed by atoms with Crippen LogP contribution in [0.15, 0.2) is 65.5 Å². The molecule has 34 heavy (non-hydrogen) atoms. The number of carbonyl (C=O) groups is 1. The summed E-state index contributed by atoms with van der Waals surface area (Å²) >= 11 is 0. The summed E-state index contributed by atoms with van der Waals surface area (Å²) in [6.45, 7) is 0.136. The minimum Gasteiger partial charge on any atom is -0.508 e. The fourth-order valence-electron chi connectivity index (χ4n) is 3.05. The summed E-state index contributed by atoms with van der Waals surface area (Å²) in [6, 6.07) is 12.9. The largest absolute Gasteiger partial charge is 0.508 e. The summed E-state index contributed by atoms with van der Waals surface area (Å²) in [6.07, 6.45) is -2.29. The SMILES string of the molecule is O=C(NCc1ncoc1C(F)(F)F)c1ccc(Cn2cc(COc3cccc(O)c3)nn2)cc1. The number of aromatic hydroxyl groups is 1. The van der Waals surface area contributed by atoms with Crippen LogP contribution in [-0.2, 0) is 25.9 Å². The number of hydrogen-bond acceptors (Lipinski definition) is 7. The van der Waals surface area contributed by atoms with Crippen molar-refractivity contribution in [2.24, 2.45) is 0 Å². The van der Waals surface area contributed by atoms with Gasteiger partial charge < -0.3 is 19.6 Å². The number of oxazole rings is 1. The Morgan fingerprint density at radius 2 is 1.97 bits per heavy atom. The quantitative estimate of drug-likeness (QED) is 0.402. The predicted octanol–water partition coefficient (Wildman–Crippen LogP) is 3.55. The molecule has 0 aliphatic carbocycles. The average Bonchev–Trinajstić information content (AvgIpc) is 3.46. The van der Waals surface area contributed by atoms with E-state index in [-0.39, 0.29) is 17.9 Å². The number of ether oxygens (including phenoxy) is 1. The van der Waals surface area contributed by atoms with Crippen molar-refractivity contribution in [1.82, 2.24) is 25.3 Å². The molecule has 12 heteroatoms. The highest BCUT2D eigenvalue weighted by Gasteiger charge is 2.38. The van der Waals surface area contributed by atoms with E-state index >= 15 is 0 Å². The third-order valence-corrected chi connectivity index (χ3v) is 4.67. The van der Waals surface area contributed by atoms with Crippen molar-refractivity contribution in [1.29, 1.82) is 0 Å². The zero-order chi connectivity index (χ0) is 24.1. The number of hydrogen-bond donors (Lipinski definition) is 2. The van der Waals surface area contributed by atoms with Crippen molar-refractivity contribution in [2.45, 2.75) is 25.9 Å². The molecule has 0 aliphatic heterocycles. The van der Waals surface area contributed by atoms with Crippen LogP contribution in [0, 0.1) is 0 Å². The maximum Gasteiger partial charge on any atom is 0.451 e. The van der Waals surface area contributed by atoms with Crippen molar-refractivity contribution in [3.05, 3.63) is 89.4 Å². The van der Waals surface area contributed by atoms with Gasteiger partial charge in [0.25, 0.3) is 5.91 Å². The Morgan fingerprint density at radius 1 is 1.18 bits per heavy atom. The van der Waals surface area contributed by atoms with E-state index in [9.17, 15) is 23.1 Å². The molecule has 0 atom stereocenters. The zero-order valence-electron chi connectivity index (χ0n) is 17.5. The van der Waals surface area contributed by atoms with Gasteiger partial charge >= 0.3 is 6.18 Å². The first-order valence-corrected chi connectivity index (χ1v) is 9.95. The molecule has 4 aromatic rings. The number of phenolic OH excluding ortho intramolecular Hbond substituents is 1. The summed E-state index contributed by atoms with van der Waals surface area (Å²) in [5, 5.41) is 19.9. The maximum absolute atomic E-state index is 12.8. The number of carbonyl (C=O) groups excluding carboxylic acids is 1. The number of aromatic nitrogens is 4. The molecule has 2 aromatic carbocycles. The highest BCUT2D eigenvalue weighted by atomic mass is 19.4. The molecular weight excluding hydrogens is 455 g/mol. The number of rotatable bonds is 8. The lowest BCUT2D eigenvalue weighted by Crippen LogP contribution is -2.24. The van der Waals surface area contributed by atoms with Gasteiger partial charge in [0.1, 0.15) is 29.5 Å². The summed E-state index contributed by atoms with van der Waals surface area (Å²) in [7, 11) is 0. The third kappa shape index (κ3) is 5.71. The van der Waals surface area contributed by atoms with Crippen LogP contribution in [0.1, 0.15) is 33.1 Å². The highest BCUT2D eigenvalue weighted by Crippen LogP contribution is 2.31. The molecule has 1 amide bonds. The normalized spacial score (nSPS) is 11.4. The molecule has 0 saturated carbocycles. The van der Waals surface area contributed by atoms with Crippen molar-refractivity contribution < 1.29 is 32.2 Å². The molecule has 0 unspecified atom stereocenters. The molecule has 176 valence electrons. The molecule has 2 aromatic heterocycles. The lowest BCUT2D eigenvalue weighted by molar-refractivity contribution is -0.153. The van der Waals surface area contributed by atoms with Crippen LogP contribution in [0.2, 0.25) is 0 Å². The van der Waals surface area contributed by atoms with E-state index in [2.05, 4.69) is 25.0 Å². The van der Waals surface area contributed by atoms with Crippen molar-refractivity contribution in [2.75, 3.05) is 0 Å². The Hall–Kier alpha value is -4.35. The second kappa shape index (κ2) is 9.65. The van der Waals surface area contributed by atoms with Crippen molar-refractivity contribution in [3.8, 4) is 11.5 Å². The van der Waals surface area contributed by atoms with Crippen LogP contribution in [0.25, 0.3) is 0 Å². The van der Waals surface area contributed by atoms with E-state index in [1.54, 1.807) is 53.3 Å². The Balaban J connectivity index is 1.30. The minimum atomic E-state index is -4.68. The fraction of sp³-hybridized carbons (Fsp3) is 0.182. The number of halogens is 3. The minimum absolute atomic E-state index is 0.0995. The Bertz CT molecular complexity index is 1270. The third-order valence-electron chi connectivity index (χ3n) is 4.67. The summed E-state index contributed by atoms with van der Waals surface area (Å²) in [5.41, 5.74) is 1.30. The van der Waals surface area contributed by atoms with Gasteiger partial charge in [-0.3, -0.25) is 4.79 Å². The number of phenols is 1. The van der Waals surface area contributed by atoms with Crippen LogP contribution in [0.5, 0.6) is 11.5 Å². The molecule has 0 aliphatic rings. The molecule has 0 bridgehead atoms. The zero-order valence-corrected chi connectivity index (χ0v) is 17.5. The lowest BCUT2D eigenvalue weighted by atomic mass is 10.1. The van der Waals surface area contributed by atoms with Gasteiger partial charge in [-0.2, -0.15) is 13.2 Å². The standard InChI is InChI=1S/C22H18F3N5O4/c23-22(24,25)20-19(27-13-34-20)9-26-21(32)15-6-4-14(5-7-15)10-30-11-16(28-29-30)12-33-18-3-1-2-17(31)8-18/h1-8,11,13,31H,9-10,12H2,(H,26,32). The van der Waals surface area contributed by atoms with Crippen LogP contribution in [-0.4, -0.2) is 31.0 Å². The number of nitrogens with one attached hydrogen (secondary N) is 1. The van der Waals surface area contributed by atoms with Gasteiger partial charge in [0.15, 0.2) is 6.39 Å². The van der Waals surface area contributed by atoms with E-state index in [1.807, 2.05) is 0 Å². The Kier molecular flexibility index (Phi) is 6.48. The number of amides is 1. The monoisotopic (exact) mass is 473 g/mol. The van der Waals surface area contributed by atoms with Gasteiger partial charge in [-0.25, -0.2) is 9.67 Å². The van der Waals surface area contributed by atoms with Gasteiger partial charge in [-0.05, 0) is 29.8 Å². The first kappa shape index (κ1) is 22.8. The van der Waals surface area contributed by atoms with Gasteiger partial charge in [0.2, 0.25) is 5.76 Å². The fourth-order valence-corrected chi connectivity index (χ4v) is 3.05. The van der Waals surface area contributed by atoms with Crippen molar-refractivity contribution in [3.63, 3.8) is 0 Å². The molecule has 9 nitrogen and oxygen atoms in total. The van der Waals surface area contributed by atoms with Gasteiger partial charge in [0, 0.05) is 11.6 Å². The van der Waals surface area contributed by atoms with Crippen LogP contribution in [0.4, 0.5) is 13.2 Å². The number of alkyl halides is 3. The van der Waals surface area contributed by atoms with E-state index in [1.165, 1.54) is 6.07 Å². The van der Waals surface area contributed by atoms with Gasteiger partial charge in [0.05, 0.1) is 19.3 Å². The lowest BCUT2D eigenvalue weighted by Gasteiger charge is -2.07. The summed E-state index contributed by atoms with van der Waals surface area (Å²) < 4.78 is 50.0. The molecule has 0 saturated heterocycles. The predicted molar refractivity (Wildman–Crippen MR) is 111 cm³/mol. The second-order valence-electron chi connectivity index (χ2n) is 7.20.